The number of carbonyl (C=O) groups excluding carboxylic acids is 2. The van der Waals surface area contributed by atoms with Crippen LogP contribution in [-0.2, 0) is 9.59 Å². The monoisotopic (exact) mass is 206 g/mol. The minimum atomic E-state index is -0.229. The Hall–Kier alpha value is -0.610. The average Bonchev–Trinajstić information content (AvgIpc) is 2.34. The Labute approximate surface area is 84.1 Å². The summed E-state index contributed by atoms with van der Waals surface area (Å²) in [5, 5.41) is 2.30. The standard InChI is InChI=1S/C8H14N2O2.ClH/c1-3-10(4-2)6-5-7(11)9-8(6)12;/h6H,3-5H2,1-2H3,(H,9,11,12);1H. The van der Waals surface area contributed by atoms with Gasteiger partial charge in [0.25, 0.3) is 0 Å². The minimum absolute atomic E-state index is 0. The van der Waals surface area contributed by atoms with Gasteiger partial charge in [-0.2, -0.15) is 0 Å². The summed E-state index contributed by atoms with van der Waals surface area (Å²) in [7, 11) is 0. The molecule has 0 aromatic heterocycles. The predicted molar refractivity (Wildman–Crippen MR) is 51.7 cm³/mol. The molecule has 0 aliphatic carbocycles. The molecule has 0 aromatic rings. The molecule has 1 heterocycles. The molecule has 1 aliphatic rings. The van der Waals surface area contributed by atoms with Crippen molar-refractivity contribution in [3.05, 3.63) is 0 Å². The van der Waals surface area contributed by atoms with Gasteiger partial charge in [0.1, 0.15) is 0 Å². The van der Waals surface area contributed by atoms with Gasteiger partial charge in [0.2, 0.25) is 11.8 Å². The van der Waals surface area contributed by atoms with Crippen molar-refractivity contribution in [2.45, 2.75) is 26.3 Å². The molecule has 1 unspecified atom stereocenters. The van der Waals surface area contributed by atoms with Crippen molar-refractivity contribution in [1.82, 2.24) is 10.2 Å². The zero-order valence-corrected chi connectivity index (χ0v) is 8.69. The fourth-order valence-electron chi connectivity index (χ4n) is 1.50. The van der Waals surface area contributed by atoms with Crippen LogP contribution in [0.3, 0.4) is 0 Å². The smallest absolute Gasteiger partial charge is 0.244 e. The second-order valence-corrected chi connectivity index (χ2v) is 2.85. The zero-order chi connectivity index (χ0) is 9.14. The molecule has 1 rings (SSSR count). The topological polar surface area (TPSA) is 49.4 Å². The van der Waals surface area contributed by atoms with Gasteiger partial charge in [-0.25, -0.2) is 0 Å². The molecule has 13 heavy (non-hydrogen) atoms. The molecule has 1 N–H and O–H groups in total. The van der Waals surface area contributed by atoms with Crippen LogP contribution < -0.4 is 5.32 Å². The molecule has 0 bridgehead atoms. The first kappa shape index (κ1) is 12.4. The highest BCUT2D eigenvalue weighted by atomic mass is 35.5. The fraction of sp³-hybridized carbons (Fsp3) is 0.750. The predicted octanol–water partition coefficient (Wildman–Crippen LogP) is 0.165. The first-order valence-corrected chi connectivity index (χ1v) is 4.26. The normalized spacial score (nSPS) is 21.6. The maximum Gasteiger partial charge on any atom is 0.244 e. The molecule has 1 atom stereocenters. The molecular formula is C8H15ClN2O2. The second-order valence-electron chi connectivity index (χ2n) is 2.85. The Balaban J connectivity index is 0.00000144. The van der Waals surface area contributed by atoms with Crippen molar-refractivity contribution >= 4 is 24.2 Å². The molecule has 1 aliphatic heterocycles. The number of halogens is 1. The van der Waals surface area contributed by atoms with Crippen molar-refractivity contribution in [1.29, 1.82) is 0 Å². The van der Waals surface area contributed by atoms with Gasteiger partial charge in [0, 0.05) is 0 Å². The third-order valence-electron chi connectivity index (χ3n) is 2.20. The average molecular weight is 207 g/mol. The van der Waals surface area contributed by atoms with E-state index in [0.717, 1.165) is 13.1 Å². The van der Waals surface area contributed by atoms with Crippen LogP contribution in [0, 0.1) is 0 Å². The van der Waals surface area contributed by atoms with Crippen molar-refractivity contribution in [3.63, 3.8) is 0 Å². The highest BCUT2D eigenvalue weighted by Crippen LogP contribution is 2.09. The molecule has 5 heteroatoms. The lowest BCUT2D eigenvalue weighted by atomic mass is 10.2. The molecule has 1 saturated heterocycles. The van der Waals surface area contributed by atoms with Gasteiger partial charge >= 0.3 is 0 Å². The minimum Gasteiger partial charge on any atom is -0.295 e. The summed E-state index contributed by atoms with van der Waals surface area (Å²) in [6.45, 7) is 5.59. The van der Waals surface area contributed by atoms with Crippen molar-refractivity contribution in [3.8, 4) is 0 Å². The number of imide groups is 1. The van der Waals surface area contributed by atoms with E-state index in [1.807, 2.05) is 18.7 Å². The van der Waals surface area contributed by atoms with Crippen molar-refractivity contribution in [2.24, 2.45) is 0 Å². The summed E-state index contributed by atoms with van der Waals surface area (Å²) in [5.74, 6) is -0.305. The molecule has 1 fully saturated rings. The van der Waals surface area contributed by atoms with E-state index in [2.05, 4.69) is 5.32 Å². The van der Waals surface area contributed by atoms with E-state index in [0.29, 0.717) is 6.42 Å². The summed E-state index contributed by atoms with van der Waals surface area (Å²) in [6.07, 6.45) is 0.320. The summed E-state index contributed by atoms with van der Waals surface area (Å²) in [6, 6.07) is -0.229. The van der Waals surface area contributed by atoms with Gasteiger partial charge in [-0.1, -0.05) is 13.8 Å². The molecular weight excluding hydrogens is 192 g/mol. The number of hydrogen-bond acceptors (Lipinski definition) is 3. The molecule has 2 amide bonds. The largest absolute Gasteiger partial charge is 0.295 e. The second kappa shape index (κ2) is 5.19. The van der Waals surface area contributed by atoms with E-state index >= 15 is 0 Å². The first-order chi connectivity index (χ1) is 5.69. The van der Waals surface area contributed by atoms with Crippen LogP contribution in [0.25, 0.3) is 0 Å². The van der Waals surface area contributed by atoms with Gasteiger partial charge < -0.3 is 0 Å². The van der Waals surface area contributed by atoms with Crippen LogP contribution >= 0.6 is 12.4 Å². The lowest BCUT2D eigenvalue weighted by Gasteiger charge is -2.22. The fourth-order valence-corrected chi connectivity index (χ4v) is 1.50. The van der Waals surface area contributed by atoms with Gasteiger partial charge in [-0.05, 0) is 13.1 Å². The lowest BCUT2D eigenvalue weighted by molar-refractivity contribution is -0.126. The van der Waals surface area contributed by atoms with E-state index in [1.54, 1.807) is 0 Å². The quantitative estimate of drug-likeness (QED) is 0.670. The summed E-state index contributed by atoms with van der Waals surface area (Å²) < 4.78 is 0. The Morgan fingerprint density at radius 1 is 1.38 bits per heavy atom. The van der Waals surface area contributed by atoms with Crippen LogP contribution in [0.4, 0.5) is 0 Å². The zero-order valence-electron chi connectivity index (χ0n) is 7.87. The maximum atomic E-state index is 11.2. The Morgan fingerprint density at radius 2 is 1.92 bits per heavy atom. The summed E-state index contributed by atoms with van der Waals surface area (Å²) in [5.41, 5.74) is 0. The van der Waals surface area contributed by atoms with Crippen LogP contribution in [-0.4, -0.2) is 35.8 Å². The summed E-state index contributed by atoms with van der Waals surface area (Å²) >= 11 is 0. The van der Waals surface area contributed by atoms with Crippen LogP contribution in [0.15, 0.2) is 0 Å². The van der Waals surface area contributed by atoms with Gasteiger partial charge in [0.05, 0.1) is 12.5 Å². The number of nitrogens with one attached hydrogen (secondary N) is 1. The van der Waals surface area contributed by atoms with E-state index in [-0.39, 0.29) is 30.3 Å². The highest BCUT2D eigenvalue weighted by Gasteiger charge is 2.33. The molecule has 0 aromatic carbocycles. The number of amides is 2. The number of carbonyl (C=O) groups is 2. The van der Waals surface area contributed by atoms with Crippen LogP contribution in [0.1, 0.15) is 20.3 Å². The molecule has 0 spiro atoms. The van der Waals surface area contributed by atoms with Gasteiger partial charge in [-0.3, -0.25) is 19.8 Å². The van der Waals surface area contributed by atoms with Crippen molar-refractivity contribution < 1.29 is 9.59 Å². The lowest BCUT2D eigenvalue weighted by Crippen LogP contribution is -2.40. The van der Waals surface area contributed by atoms with Gasteiger partial charge in [0.15, 0.2) is 0 Å². The van der Waals surface area contributed by atoms with Crippen LogP contribution in [0.5, 0.6) is 0 Å². The number of likely N-dealkylation sites (N-methyl/N-ethyl adjacent to an activating group) is 1. The van der Waals surface area contributed by atoms with E-state index in [4.69, 9.17) is 0 Å². The number of rotatable bonds is 3. The first-order valence-electron chi connectivity index (χ1n) is 4.26. The number of hydrogen-bond donors (Lipinski definition) is 1. The Morgan fingerprint density at radius 3 is 2.23 bits per heavy atom. The molecule has 4 nitrogen and oxygen atoms in total. The van der Waals surface area contributed by atoms with Gasteiger partial charge in [-0.15, -0.1) is 12.4 Å². The van der Waals surface area contributed by atoms with E-state index < -0.39 is 0 Å². The SMILES string of the molecule is CCN(CC)C1CC(=O)NC1=O.Cl. The molecule has 76 valence electrons. The third-order valence-corrected chi connectivity index (χ3v) is 2.20. The summed E-state index contributed by atoms with van der Waals surface area (Å²) in [4.78, 5) is 24.0. The Bertz CT molecular complexity index is 204. The van der Waals surface area contributed by atoms with Crippen LogP contribution in [0.2, 0.25) is 0 Å². The maximum absolute atomic E-state index is 11.2. The van der Waals surface area contributed by atoms with Crippen molar-refractivity contribution in [2.75, 3.05) is 13.1 Å². The molecule has 0 saturated carbocycles. The highest BCUT2D eigenvalue weighted by molar-refractivity contribution is 6.05. The third kappa shape index (κ3) is 2.67. The Kier molecular flexibility index (Phi) is 4.95. The van der Waals surface area contributed by atoms with E-state index in [9.17, 15) is 9.59 Å². The molecule has 0 radical (unpaired) electrons. The van der Waals surface area contributed by atoms with E-state index in [1.165, 1.54) is 0 Å². The number of nitrogens with zero attached hydrogens (tertiary/aromatic N) is 1.